The Morgan fingerprint density at radius 2 is 1.80 bits per heavy atom. The summed E-state index contributed by atoms with van der Waals surface area (Å²) >= 11 is 0. The fourth-order valence-corrected chi connectivity index (χ4v) is 4.20. The lowest BCUT2D eigenvalue weighted by atomic mass is 10.1. The fourth-order valence-electron chi connectivity index (χ4n) is 4.20. The van der Waals surface area contributed by atoms with Crippen molar-refractivity contribution in [2.24, 2.45) is 0 Å². The van der Waals surface area contributed by atoms with Crippen molar-refractivity contribution in [3.05, 3.63) is 36.0 Å². The molecule has 2 aliphatic heterocycles. The number of hydrogen-bond acceptors (Lipinski definition) is 4. The van der Waals surface area contributed by atoms with E-state index >= 15 is 0 Å². The van der Waals surface area contributed by atoms with E-state index in [0.717, 1.165) is 37.1 Å². The Hall–Kier alpha value is -2.28. The first-order valence-corrected chi connectivity index (χ1v) is 10.8. The molecule has 2 fully saturated rings. The molecule has 2 aliphatic rings. The Labute approximate surface area is 176 Å². The van der Waals surface area contributed by atoms with Crippen molar-refractivity contribution < 1.29 is 18.3 Å². The number of aromatic nitrogens is 1. The van der Waals surface area contributed by atoms with E-state index in [2.05, 4.69) is 23.7 Å². The predicted molar refractivity (Wildman–Crippen MR) is 112 cm³/mol. The molecule has 1 aromatic heterocycles. The molecule has 2 aromatic rings. The van der Waals surface area contributed by atoms with Crippen molar-refractivity contribution in [2.45, 2.75) is 57.6 Å². The second kappa shape index (κ2) is 8.46. The number of alkyl halides is 2. The zero-order valence-corrected chi connectivity index (χ0v) is 17.6. The van der Waals surface area contributed by atoms with Crippen LogP contribution in [0.5, 0.6) is 5.75 Å². The van der Waals surface area contributed by atoms with E-state index in [0.29, 0.717) is 17.3 Å². The average Bonchev–Trinajstić information content (AvgIpc) is 2.73. The molecule has 1 aromatic carbocycles. The molecule has 7 heteroatoms. The number of amides is 1. The molecule has 5 nitrogen and oxygen atoms in total. The molecule has 0 N–H and O–H groups in total. The Morgan fingerprint density at radius 1 is 1.10 bits per heavy atom. The molecule has 0 unspecified atom stereocenters. The van der Waals surface area contributed by atoms with Gasteiger partial charge in [0, 0.05) is 50.4 Å². The van der Waals surface area contributed by atoms with Crippen LogP contribution in [0.15, 0.2) is 30.3 Å². The van der Waals surface area contributed by atoms with Crippen molar-refractivity contribution >= 4 is 16.8 Å². The molecule has 0 bridgehead atoms. The fraction of sp³-hybridized carbons (Fsp3) is 0.565. The van der Waals surface area contributed by atoms with Crippen LogP contribution in [0, 0.1) is 0 Å². The van der Waals surface area contributed by atoms with Crippen molar-refractivity contribution in [1.29, 1.82) is 0 Å². The third-order valence-corrected chi connectivity index (χ3v) is 6.17. The van der Waals surface area contributed by atoms with E-state index in [9.17, 15) is 13.6 Å². The van der Waals surface area contributed by atoms with Crippen LogP contribution in [0.25, 0.3) is 10.9 Å². The summed E-state index contributed by atoms with van der Waals surface area (Å²) in [6, 6.07) is 9.78. The normalized spacial score (nSPS) is 20.6. The molecule has 30 heavy (non-hydrogen) atoms. The number of carbonyl (C=O) groups excluding carboxylic acids is 1. The zero-order valence-electron chi connectivity index (χ0n) is 17.6. The van der Waals surface area contributed by atoms with Crippen molar-refractivity contribution in [2.75, 3.05) is 26.2 Å². The van der Waals surface area contributed by atoms with Gasteiger partial charge in [0.1, 0.15) is 17.5 Å². The highest BCUT2D eigenvalue weighted by Crippen LogP contribution is 2.29. The van der Waals surface area contributed by atoms with E-state index < -0.39 is 5.92 Å². The van der Waals surface area contributed by atoms with Crippen LogP contribution in [0.4, 0.5) is 8.78 Å². The van der Waals surface area contributed by atoms with E-state index in [-0.39, 0.29) is 37.9 Å². The van der Waals surface area contributed by atoms with Crippen LogP contribution in [0.3, 0.4) is 0 Å². The molecule has 3 heterocycles. The SMILES string of the molecule is CC(C)N1CCC(Oc2ccc3nc(C(=O)N4CCC(F)(F)CC4)ccc3c2)CC1. The van der Waals surface area contributed by atoms with E-state index in [1.807, 2.05) is 24.3 Å². The van der Waals surface area contributed by atoms with Gasteiger partial charge in [0.15, 0.2) is 0 Å². The quantitative estimate of drug-likeness (QED) is 0.742. The maximum Gasteiger partial charge on any atom is 0.272 e. The Balaban J connectivity index is 1.41. The van der Waals surface area contributed by atoms with Gasteiger partial charge in [-0.25, -0.2) is 13.8 Å². The number of piperidine rings is 2. The third kappa shape index (κ3) is 4.72. The molecule has 162 valence electrons. The smallest absolute Gasteiger partial charge is 0.272 e. The minimum absolute atomic E-state index is 0.0634. The Bertz CT molecular complexity index is 900. The summed E-state index contributed by atoms with van der Waals surface area (Å²) in [6.45, 7) is 6.66. The van der Waals surface area contributed by atoms with Crippen molar-refractivity contribution in [3.63, 3.8) is 0 Å². The number of likely N-dealkylation sites (tertiary alicyclic amines) is 2. The van der Waals surface area contributed by atoms with Gasteiger partial charge in [-0.05, 0) is 51.0 Å². The number of rotatable bonds is 4. The molecule has 0 radical (unpaired) electrons. The Morgan fingerprint density at radius 3 is 2.47 bits per heavy atom. The van der Waals surface area contributed by atoms with Gasteiger partial charge in [0.05, 0.1) is 5.52 Å². The number of benzene rings is 1. The third-order valence-electron chi connectivity index (χ3n) is 6.17. The van der Waals surface area contributed by atoms with Crippen LogP contribution < -0.4 is 4.74 Å². The van der Waals surface area contributed by atoms with E-state index in [4.69, 9.17) is 4.74 Å². The highest BCUT2D eigenvalue weighted by molar-refractivity contribution is 5.95. The van der Waals surface area contributed by atoms with Gasteiger partial charge in [-0.2, -0.15) is 0 Å². The maximum atomic E-state index is 13.3. The lowest BCUT2D eigenvalue weighted by Crippen LogP contribution is -2.42. The van der Waals surface area contributed by atoms with Gasteiger partial charge in [0.25, 0.3) is 11.8 Å². The number of hydrogen-bond donors (Lipinski definition) is 0. The summed E-state index contributed by atoms with van der Waals surface area (Å²) in [4.78, 5) is 21.0. The molecule has 0 spiro atoms. The lowest BCUT2D eigenvalue weighted by molar-refractivity contribution is -0.0495. The highest BCUT2D eigenvalue weighted by atomic mass is 19.3. The molecular weight excluding hydrogens is 388 g/mol. The molecular formula is C23H29F2N3O2. The summed E-state index contributed by atoms with van der Waals surface area (Å²) in [6.07, 6.45) is 1.66. The number of nitrogens with zero attached hydrogens (tertiary/aromatic N) is 3. The molecule has 0 aliphatic carbocycles. The van der Waals surface area contributed by atoms with Crippen molar-refractivity contribution in [1.82, 2.24) is 14.8 Å². The summed E-state index contributed by atoms with van der Waals surface area (Å²) in [5, 5.41) is 0.897. The van der Waals surface area contributed by atoms with E-state index in [1.54, 1.807) is 6.07 Å². The first-order valence-electron chi connectivity index (χ1n) is 10.8. The predicted octanol–water partition coefficient (Wildman–Crippen LogP) is 4.36. The number of fused-ring (bicyclic) bond motifs is 1. The standard InChI is InChI=1S/C23H29F2N3O2/c1-16(2)27-11-7-18(8-12-27)30-19-4-6-20-17(15-19)3-5-21(26-20)22(29)28-13-9-23(24,25)10-14-28/h3-6,15-16,18H,7-14H2,1-2H3. The number of halogens is 2. The monoisotopic (exact) mass is 417 g/mol. The first-order chi connectivity index (χ1) is 14.3. The topological polar surface area (TPSA) is 45.7 Å². The molecule has 4 rings (SSSR count). The number of ether oxygens (including phenoxy) is 1. The van der Waals surface area contributed by atoms with Crippen LogP contribution in [0.2, 0.25) is 0 Å². The zero-order chi connectivity index (χ0) is 21.3. The van der Waals surface area contributed by atoms with Gasteiger partial charge in [0.2, 0.25) is 0 Å². The minimum Gasteiger partial charge on any atom is -0.490 e. The Kier molecular flexibility index (Phi) is 5.91. The van der Waals surface area contributed by atoms with Gasteiger partial charge in [-0.1, -0.05) is 6.07 Å². The average molecular weight is 418 g/mol. The van der Waals surface area contributed by atoms with Gasteiger partial charge in [-0.3, -0.25) is 4.79 Å². The van der Waals surface area contributed by atoms with E-state index in [1.165, 1.54) is 4.90 Å². The summed E-state index contributed by atoms with van der Waals surface area (Å²) in [5.74, 6) is -2.15. The van der Waals surface area contributed by atoms with Gasteiger partial charge < -0.3 is 14.5 Å². The molecule has 2 saturated heterocycles. The number of pyridine rings is 1. The second-order valence-electron chi connectivity index (χ2n) is 8.65. The summed E-state index contributed by atoms with van der Waals surface area (Å²) in [5.41, 5.74) is 0.993. The highest BCUT2D eigenvalue weighted by Gasteiger charge is 2.36. The van der Waals surface area contributed by atoms with Crippen LogP contribution in [-0.4, -0.2) is 64.9 Å². The largest absolute Gasteiger partial charge is 0.490 e. The van der Waals surface area contributed by atoms with Crippen LogP contribution >= 0.6 is 0 Å². The van der Waals surface area contributed by atoms with Gasteiger partial charge >= 0.3 is 0 Å². The summed E-state index contributed by atoms with van der Waals surface area (Å²) in [7, 11) is 0. The molecule has 1 amide bonds. The van der Waals surface area contributed by atoms with Crippen LogP contribution in [0.1, 0.15) is 50.0 Å². The van der Waals surface area contributed by atoms with Crippen LogP contribution in [-0.2, 0) is 0 Å². The minimum atomic E-state index is -2.67. The second-order valence-corrected chi connectivity index (χ2v) is 8.65. The van der Waals surface area contributed by atoms with Crippen molar-refractivity contribution in [3.8, 4) is 5.75 Å². The molecule has 0 saturated carbocycles. The number of carbonyl (C=O) groups is 1. The van der Waals surface area contributed by atoms with Gasteiger partial charge in [-0.15, -0.1) is 0 Å². The maximum absolute atomic E-state index is 13.3. The lowest BCUT2D eigenvalue weighted by Gasteiger charge is -2.34. The molecule has 0 atom stereocenters. The first kappa shape index (κ1) is 21.0. The summed E-state index contributed by atoms with van der Waals surface area (Å²) < 4.78 is 32.9.